The van der Waals surface area contributed by atoms with Gasteiger partial charge in [0.25, 0.3) is 0 Å². The third-order valence-corrected chi connectivity index (χ3v) is 3.91. The number of allylic oxidation sites excluding steroid dienone is 3. The molecule has 0 saturated carbocycles. The van der Waals surface area contributed by atoms with Gasteiger partial charge in [0.2, 0.25) is 0 Å². The van der Waals surface area contributed by atoms with E-state index in [9.17, 15) is 4.91 Å². The minimum atomic E-state index is 0.892. The van der Waals surface area contributed by atoms with E-state index in [0.717, 1.165) is 12.2 Å². The van der Waals surface area contributed by atoms with Gasteiger partial charge in [-0.2, -0.15) is 0 Å². The second-order valence-corrected chi connectivity index (χ2v) is 5.74. The van der Waals surface area contributed by atoms with Crippen molar-refractivity contribution in [1.29, 1.82) is 0 Å². The van der Waals surface area contributed by atoms with Crippen LogP contribution in [-0.4, -0.2) is 11.4 Å². The first-order valence-corrected chi connectivity index (χ1v) is 8.52. The quantitative estimate of drug-likeness (QED) is 0.331. The van der Waals surface area contributed by atoms with Gasteiger partial charge in [0.1, 0.15) is 0 Å². The Bertz CT molecular complexity index is 358. The number of nitrogens with zero attached hydrogens (tertiary/aromatic N) is 2. The lowest BCUT2D eigenvalue weighted by Gasteiger charge is -2.22. The number of hydrogen-bond acceptors (Lipinski definition) is 3. The zero-order valence-corrected chi connectivity index (χ0v) is 13.5. The largest absolute Gasteiger partial charge is 0.347 e. The molecule has 3 heteroatoms. The van der Waals surface area contributed by atoms with Crippen LogP contribution in [0.4, 0.5) is 0 Å². The lowest BCUT2D eigenvalue weighted by Crippen LogP contribution is -2.18. The molecule has 0 fully saturated rings. The Kier molecular flexibility index (Phi) is 10.4. The second kappa shape index (κ2) is 12.4. The Morgan fingerprint density at radius 3 is 2.19 bits per heavy atom. The van der Waals surface area contributed by atoms with Gasteiger partial charge in [0, 0.05) is 12.7 Å². The molecular formula is C18H30N2O. The highest BCUT2D eigenvalue weighted by Gasteiger charge is 2.06. The fourth-order valence-electron chi connectivity index (χ4n) is 2.63. The van der Waals surface area contributed by atoms with E-state index in [1.165, 1.54) is 70.4 Å². The summed E-state index contributed by atoms with van der Waals surface area (Å²) >= 11 is 0. The summed E-state index contributed by atoms with van der Waals surface area (Å²) in [5.41, 5.74) is 0.892. The molecule has 1 rings (SSSR count). The minimum Gasteiger partial charge on any atom is -0.347 e. The van der Waals surface area contributed by atoms with Crippen molar-refractivity contribution >= 4 is 0 Å². The van der Waals surface area contributed by atoms with E-state index in [1.807, 2.05) is 24.4 Å². The molecule has 0 unspecified atom stereocenters. The van der Waals surface area contributed by atoms with Gasteiger partial charge in [0.15, 0.2) is 0 Å². The van der Waals surface area contributed by atoms with Gasteiger partial charge >= 0.3 is 0 Å². The number of hydrogen-bond donors (Lipinski definition) is 0. The molecular weight excluding hydrogens is 260 g/mol. The maximum Gasteiger partial charge on any atom is 0.0951 e. The molecule has 0 aliphatic carbocycles. The first-order chi connectivity index (χ1) is 10.4. The molecule has 0 saturated heterocycles. The first kappa shape index (κ1) is 17.7. The first-order valence-electron chi connectivity index (χ1n) is 8.52. The molecule has 0 aromatic heterocycles. The lowest BCUT2D eigenvalue weighted by molar-refractivity contribution is 0.441. The normalized spacial score (nSPS) is 15.9. The topological polar surface area (TPSA) is 32.7 Å². The smallest absolute Gasteiger partial charge is 0.0951 e. The van der Waals surface area contributed by atoms with Crippen LogP contribution in [0.2, 0.25) is 0 Å². The third-order valence-electron chi connectivity index (χ3n) is 3.91. The Morgan fingerprint density at radius 2 is 1.57 bits per heavy atom. The fourth-order valence-corrected chi connectivity index (χ4v) is 2.63. The number of nitroso groups, excluding NO2 is 1. The average molecular weight is 290 g/mol. The van der Waals surface area contributed by atoms with Crippen LogP contribution in [0.5, 0.6) is 0 Å². The SMILES string of the molecule is CCCCCCCCCCCCN1C=CC=C/C1=C\N=O. The van der Waals surface area contributed by atoms with Crippen molar-refractivity contribution in [2.45, 2.75) is 71.1 Å². The monoisotopic (exact) mass is 290 g/mol. The van der Waals surface area contributed by atoms with Crippen LogP contribution < -0.4 is 0 Å². The van der Waals surface area contributed by atoms with Crippen LogP contribution in [0.15, 0.2) is 41.5 Å². The van der Waals surface area contributed by atoms with Gasteiger partial charge in [-0.3, -0.25) is 0 Å². The van der Waals surface area contributed by atoms with Crippen molar-refractivity contribution < 1.29 is 0 Å². The Balaban J connectivity index is 1.99. The highest BCUT2D eigenvalue weighted by Crippen LogP contribution is 2.15. The molecule has 0 spiro atoms. The van der Waals surface area contributed by atoms with Crippen molar-refractivity contribution in [3.63, 3.8) is 0 Å². The van der Waals surface area contributed by atoms with Gasteiger partial charge in [-0.25, -0.2) is 0 Å². The molecule has 0 amide bonds. The molecule has 0 aromatic rings. The van der Waals surface area contributed by atoms with Crippen molar-refractivity contribution in [2.24, 2.45) is 5.18 Å². The van der Waals surface area contributed by atoms with Crippen molar-refractivity contribution in [3.8, 4) is 0 Å². The molecule has 21 heavy (non-hydrogen) atoms. The van der Waals surface area contributed by atoms with Gasteiger partial charge in [-0.1, -0.05) is 70.8 Å². The third kappa shape index (κ3) is 8.49. The summed E-state index contributed by atoms with van der Waals surface area (Å²) in [7, 11) is 0. The predicted molar refractivity (Wildman–Crippen MR) is 90.7 cm³/mol. The molecule has 118 valence electrons. The van der Waals surface area contributed by atoms with Crippen LogP contribution in [0.3, 0.4) is 0 Å². The molecule has 3 nitrogen and oxygen atoms in total. The summed E-state index contributed by atoms with van der Waals surface area (Å²) in [6, 6.07) is 0. The standard InChI is InChI=1S/C18H30N2O/c1-2-3-4-5-6-7-8-9-10-12-15-20-16-13-11-14-18(20)17-19-21/h11,13-14,16-17H,2-10,12,15H2,1H3/b18-17+. The highest BCUT2D eigenvalue weighted by molar-refractivity contribution is 5.27. The molecule has 1 aliphatic heterocycles. The summed E-state index contributed by atoms with van der Waals surface area (Å²) in [6.45, 7) is 3.23. The molecule has 0 bridgehead atoms. The average Bonchev–Trinajstić information content (AvgIpc) is 2.51. The van der Waals surface area contributed by atoms with Crippen LogP contribution in [-0.2, 0) is 0 Å². The fraction of sp³-hybridized carbons (Fsp3) is 0.667. The molecule has 1 heterocycles. The molecule has 1 aliphatic rings. The van der Waals surface area contributed by atoms with Gasteiger partial charge < -0.3 is 4.90 Å². The molecule has 0 N–H and O–H groups in total. The maximum absolute atomic E-state index is 10.4. The van der Waals surface area contributed by atoms with E-state index >= 15 is 0 Å². The van der Waals surface area contributed by atoms with Crippen molar-refractivity contribution in [2.75, 3.05) is 6.54 Å². The zero-order chi connectivity index (χ0) is 15.2. The molecule has 0 atom stereocenters. The van der Waals surface area contributed by atoms with Gasteiger partial charge in [-0.15, -0.1) is 4.91 Å². The summed E-state index contributed by atoms with van der Waals surface area (Å²) in [5, 5.41) is 2.87. The summed E-state index contributed by atoms with van der Waals surface area (Å²) in [4.78, 5) is 12.5. The Hall–Kier alpha value is -1.38. The van der Waals surface area contributed by atoms with Crippen LogP contribution in [0.25, 0.3) is 0 Å². The van der Waals surface area contributed by atoms with Gasteiger partial charge in [0.05, 0.1) is 11.9 Å². The van der Waals surface area contributed by atoms with E-state index in [1.54, 1.807) is 0 Å². The second-order valence-electron chi connectivity index (χ2n) is 5.74. The maximum atomic E-state index is 10.4. The van der Waals surface area contributed by atoms with Gasteiger partial charge in [-0.05, 0) is 23.7 Å². The van der Waals surface area contributed by atoms with Crippen molar-refractivity contribution in [3.05, 3.63) is 41.2 Å². The highest BCUT2D eigenvalue weighted by atomic mass is 16.2. The predicted octanol–water partition coefficient (Wildman–Crippen LogP) is 5.90. The van der Waals surface area contributed by atoms with E-state index in [4.69, 9.17) is 0 Å². The number of unbranched alkanes of at least 4 members (excludes halogenated alkanes) is 9. The van der Waals surface area contributed by atoms with E-state index in [2.05, 4.69) is 17.0 Å². The lowest BCUT2D eigenvalue weighted by atomic mass is 10.1. The van der Waals surface area contributed by atoms with Crippen LogP contribution >= 0.6 is 0 Å². The molecule has 0 aromatic carbocycles. The van der Waals surface area contributed by atoms with Crippen molar-refractivity contribution in [1.82, 2.24) is 4.90 Å². The zero-order valence-electron chi connectivity index (χ0n) is 13.5. The summed E-state index contributed by atoms with van der Waals surface area (Å²) < 4.78 is 0. The Labute approximate surface area is 129 Å². The summed E-state index contributed by atoms with van der Waals surface area (Å²) in [5.74, 6) is 0. The minimum absolute atomic E-state index is 0.892. The van der Waals surface area contributed by atoms with E-state index in [-0.39, 0.29) is 0 Å². The Morgan fingerprint density at radius 1 is 0.952 bits per heavy atom. The van der Waals surface area contributed by atoms with Crippen LogP contribution in [0.1, 0.15) is 71.1 Å². The summed E-state index contributed by atoms with van der Waals surface area (Å²) in [6.07, 6.45) is 22.7. The van der Waals surface area contributed by atoms with Crippen LogP contribution in [0, 0.1) is 4.91 Å². The molecule has 0 radical (unpaired) electrons. The van der Waals surface area contributed by atoms with E-state index in [0.29, 0.717) is 0 Å². The van der Waals surface area contributed by atoms with E-state index < -0.39 is 0 Å². The number of rotatable bonds is 12.